The van der Waals surface area contributed by atoms with Gasteiger partial charge in [-0.25, -0.2) is 9.37 Å². The second kappa shape index (κ2) is 5.14. The SMILES string of the molecule is CC(C)c1nsc(-c2ccc(F)cc2C(C)C)n1. The molecule has 1 aromatic carbocycles. The molecule has 0 fully saturated rings. The topological polar surface area (TPSA) is 25.8 Å². The average molecular weight is 264 g/mol. The van der Waals surface area contributed by atoms with Crippen LogP contribution in [0.15, 0.2) is 18.2 Å². The summed E-state index contributed by atoms with van der Waals surface area (Å²) in [7, 11) is 0. The van der Waals surface area contributed by atoms with Gasteiger partial charge in [0.05, 0.1) is 0 Å². The summed E-state index contributed by atoms with van der Waals surface area (Å²) in [5, 5.41) is 0.877. The predicted octanol–water partition coefficient (Wildman–Crippen LogP) is 4.59. The van der Waals surface area contributed by atoms with E-state index in [1.807, 2.05) is 0 Å². The molecule has 0 amide bonds. The Hall–Kier alpha value is -1.29. The van der Waals surface area contributed by atoms with E-state index in [1.165, 1.54) is 17.6 Å². The molecule has 0 spiro atoms. The van der Waals surface area contributed by atoms with Gasteiger partial charge in [0.15, 0.2) is 0 Å². The molecule has 0 saturated heterocycles. The molecule has 0 atom stereocenters. The highest BCUT2D eigenvalue weighted by atomic mass is 32.1. The summed E-state index contributed by atoms with van der Waals surface area (Å²) in [6.45, 7) is 8.25. The second-order valence-electron chi connectivity index (χ2n) is 5.00. The highest BCUT2D eigenvalue weighted by molar-refractivity contribution is 7.09. The van der Waals surface area contributed by atoms with E-state index in [9.17, 15) is 4.39 Å². The van der Waals surface area contributed by atoms with E-state index in [1.54, 1.807) is 12.1 Å². The Morgan fingerprint density at radius 3 is 2.39 bits per heavy atom. The van der Waals surface area contributed by atoms with Gasteiger partial charge in [0.1, 0.15) is 16.6 Å². The van der Waals surface area contributed by atoms with Gasteiger partial charge in [-0.2, -0.15) is 4.37 Å². The second-order valence-corrected chi connectivity index (χ2v) is 5.75. The van der Waals surface area contributed by atoms with Gasteiger partial charge in [-0.3, -0.25) is 0 Å². The highest BCUT2D eigenvalue weighted by Crippen LogP contribution is 2.31. The molecule has 0 aliphatic carbocycles. The van der Waals surface area contributed by atoms with E-state index in [-0.39, 0.29) is 11.7 Å². The van der Waals surface area contributed by atoms with Crippen molar-refractivity contribution in [1.82, 2.24) is 9.36 Å². The van der Waals surface area contributed by atoms with Gasteiger partial charge in [-0.05, 0) is 41.2 Å². The van der Waals surface area contributed by atoms with Crippen LogP contribution in [0.4, 0.5) is 4.39 Å². The maximum Gasteiger partial charge on any atom is 0.145 e. The van der Waals surface area contributed by atoms with E-state index in [2.05, 4.69) is 37.1 Å². The summed E-state index contributed by atoms with van der Waals surface area (Å²) in [5.74, 6) is 1.24. The van der Waals surface area contributed by atoms with Gasteiger partial charge >= 0.3 is 0 Å². The molecule has 0 aliphatic heterocycles. The van der Waals surface area contributed by atoms with E-state index in [0.29, 0.717) is 5.92 Å². The summed E-state index contributed by atoms with van der Waals surface area (Å²) in [4.78, 5) is 4.54. The fourth-order valence-corrected chi connectivity index (χ4v) is 2.64. The molecule has 0 saturated carbocycles. The van der Waals surface area contributed by atoms with Crippen LogP contribution in [0.25, 0.3) is 10.6 Å². The first kappa shape index (κ1) is 13.1. The number of nitrogens with zero attached hydrogens (tertiary/aromatic N) is 2. The standard InChI is InChI=1S/C14H17FN2S/c1-8(2)12-7-10(15)5-6-11(12)14-16-13(9(3)4)17-18-14/h5-9H,1-4H3. The summed E-state index contributed by atoms with van der Waals surface area (Å²) in [6, 6.07) is 4.88. The molecule has 2 aromatic rings. The van der Waals surface area contributed by atoms with Crippen LogP contribution in [0.5, 0.6) is 0 Å². The summed E-state index contributed by atoms with van der Waals surface area (Å²) in [6.07, 6.45) is 0. The van der Waals surface area contributed by atoms with E-state index < -0.39 is 0 Å². The molecule has 18 heavy (non-hydrogen) atoms. The molecule has 2 rings (SSSR count). The van der Waals surface area contributed by atoms with E-state index in [4.69, 9.17) is 0 Å². The van der Waals surface area contributed by atoms with Crippen LogP contribution < -0.4 is 0 Å². The Morgan fingerprint density at radius 2 is 1.83 bits per heavy atom. The van der Waals surface area contributed by atoms with Crippen molar-refractivity contribution in [3.8, 4) is 10.6 Å². The zero-order valence-electron chi connectivity index (χ0n) is 11.1. The molecule has 0 aliphatic rings. The lowest BCUT2D eigenvalue weighted by Gasteiger charge is -2.10. The van der Waals surface area contributed by atoms with Crippen LogP contribution in [0, 0.1) is 5.82 Å². The molecular weight excluding hydrogens is 247 g/mol. The number of rotatable bonds is 3. The first-order chi connectivity index (χ1) is 8.49. The Morgan fingerprint density at radius 1 is 1.11 bits per heavy atom. The number of halogens is 1. The highest BCUT2D eigenvalue weighted by Gasteiger charge is 2.15. The van der Waals surface area contributed by atoms with Crippen molar-refractivity contribution in [2.24, 2.45) is 0 Å². The Kier molecular flexibility index (Phi) is 3.76. The zero-order chi connectivity index (χ0) is 13.3. The lowest BCUT2D eigenvalue weighted by Crippen LogP contribution is -1.94. The maximum atomic E-state index is 13.3. The monoisotopic (exact) mass is 264 g/mol. The minimum absolute atomic E-state index is 0.198. The Bertz CT molecular complexity index is 546. The Labute approximate surface area is 111 Å². The van der Waals surface area contributed by atoms with Crippen LogP contribution in [0.2, 0.25) is 0 Å². The number of hydrogen-bond acceptors (Lipinski definition) is 3. The van der Waals surface area contributed by atoms with Gasteiger partial charge in [-0.15, -0.1) is 0 Å². The molecule has 0 unspecified atom stereocenters. The third-order valence-electron chi connectivity index (χ3n) is 2.82. The van der Waals surface area contributed by atoms with E-state index >= 15 is 0 Å². The van der Waals surface area contributed by atoms with Crippen molar-refractivity contribution in [2.75, 3.05) is 0 Å². The Balaban J connectivity index is 2.49. The average Bonchev–Trinajstić information content (AvgIpc) is 2.78. The largest absolute Gasteiger partial charge is 0.219 e. The third kappa shape index (κ3) is 2.58. The van der Waals surface area contributed by atoms with Crippen molar-refractivity contribution in [3.63, 3.8) is 0 Å². The molecule has 4 heteroatoms. The van der Waals surface area contributed by atoms with Crippen molar-refractivity contribution >= 4 is 11.5 Å². The van der Waals surface area contributed by atoms with Crippen LogP contribution in [-0.2, 0) is 0 Å². The predicted molar refractivity (Wildman–Crippen MR) is 73.5 cm³/mol. The van der Waals surface area contributed by atoms with Crippen molar-refractivity contribution in [2.45, 2.75) is 39.5 Å². The number of aromatic nitrogens is 2. The zero-order valence-corrected chi connectivity index (χ0v) is 11.9. The molecule has 0 N–H and O–H groups in total. The molecule has 1 aromatic heterocycles. The smallest absolute Gasteiger partial charge is 0.145 e. The summed E-state index contributed by atoms with van der Waals surface area (Å²) >= 11 is 1.38. The quantitative estimate of drug-likeness (QED) is 0.810. The lowest BCUT2D eigenvalue weighted by molar-refractivity contribution is 0.623. The van der Waals surface area contributed by atoms with Crippen molar-refractivity contribution < 1.29 is 4.39 Å². The first-order valence-electron chi connectivity index (χ1n) is 6.12. The molecule has 0 bridgehead atoms. The summed E-state index contributed by atoms with van der Waals surface area (Å²) in [5.41, 5.74) is 1.98. The molecule has 96 valence electrons. The number of hydrogen-bond donors (Lipinski definition) is 0. The molecule has 1 heterocycles. The molecular formula is C14H17FN2S. The molecule has 2 nitrogen and oxygen atoms in total. The van der Waals surface area contributed by atoms with Gasteiger partial charge in [0.2, 0.25) is 0 Å². The van der Waals surface area contributed by atoms with Crippen LogP contribution >= 0.6 is 11.5 Å². The van der Waals surface area contributed by atoms with Gasteiger partial charge in [-0.1, -0.05) is 27.7 Å². The first-order valence-corrected chi connectivity index (χ1v) is 6.89. The lowest BCUT2D eigenvalue weighted by atomic mass is 9.97. The van der Waals surface area contributed by atoms with Crippen molar-refractivity contribution in [1.29, 1.82) is 0 Å². The maximum absolute atomic E-state index is 13.3. The normalized spacial score (nSPS) is 11.5. The van der Waals surface area contributed by atoms with Gasteiger partial charge in [0, 0.05) is 11.5 Å². The fourth-order valence-electron chi connectivity index (χ4n) is 1.78. The third-order valence-corrected chi connectivity index (χ3v) is 3.59. The van der Waals surface area contributed by atoms with E-state index in [0.717, 1.165) is 22.0 Å². The number of benzene rings is 1. The van der Waals surface area contributed by atoms with Crippen molar-refractivity contribution in [3.05, 3.63) is 35.4 Å². The minimum Gasteiger partial charge on any atom is -0.219 e. The van der Waals surface area contributed by atoms with Gasteiger partial charge in [0.25, 0.3) is 0 Å². The minimum atomic E-state index is -0.198. The van der Waals surface area contributed by atoms with Crippen LogP contribution in [0.1, 0.15) is 50.9 Å². The van der Waals surface area contributed by atoms with Gasteiger partial charge < -0.3 is 0 Å². The molecule has 0 radical (unpaired) electrons. The fraction of sp³-hybridized carbons (Fsp3) is 0.429. The van der Waals surface area contributed by atoms with Crippen LogP contribution in [0.3, 0.4) is 0 Å². The van der Waals surface area contributed by atoms with Crippen LogP contribution in [-0.4, -0.2) is 9.36 Å². The summed E-state index contributed by atoms with van der Waals surface area (Å²) < 4.78 is 17.7.